The Kier molecular flexibility index (Phi) is 7.00. The van der Waals surface area contributed by atoms with Crippen LogP contribution in [0, 0.1) is 11.2 Å². The molecule has 0 spiro atoms. The summed E-state index contributed by atoms with van der Waals surface area (Å²) in [6, 6.07) is 3.05. The van der Waals surface area contributed by atoms with Crippen LogP contribution in [0.4, 0.5) is 34.8 Å². The number of hydrogen-bond acceptors (Lipinski definition) is 8. The minimum Gasteiger partial charge on any atom is -0.434 e. The molecule has 0 fully saturated rings. The minimum atomic E-state index is -5.01. The van der Waals surface area contributed by atoms with Crippen molar-refractivity contribution in [2.45, 2.75) is 6.18 Å². The lowest BCUT2D eigenvalue weighted by Crippen LogP contribution is -2.27. The highest BCUT2D eigenvalue weighted by molar-refractivity contribution is 6.34. The number of carbonyl (C=O) groups is 1. The number of allylic oxidation sites excluding steroid dienone is 1. The van der Waals surface area contributed by atoms with E-state index in [1.165, 1.54) is 17.9 Å². The molecule has 34 heavy (non-hydrogen) atoms. The lowest BCUT2D eigenvalue weighted by molar-refractivity contribution is -0.114. The molecule has 15 heteroatoms. The molecule has 2 heterocycles. The van der Waals surface area contributed by atoms with Gasteiger partial charge in [-0.3, -0.25) is 9.48 Å². The first-order valence-corrected chi connectivity index (χ1v) is 9.49. The van der Waals surface area contributed by atoms with E-state index in [2.05, 4.69) is 20.4 Å². The van der Waals surface area contributed by atoms with Crippen LogP contribution >= 0.6 is 11.6 Å². The van der Waals surface area contributed by atoms with Gasteiger partial charge in [0.25, 0.3) is 5.91 Å². The molecule has 2 aromatic heterocycles. The van der Waals surface area contributed by atoms with E-state index in [1.807, 2.05) is 5.32 Å². The third kappa shape index (κ3) is 5.58. The van der Waals surface area contributed by atoms with Crippen LogP contribution in [0.1, 0.15) is 0 Å². The number of nitrogens with two attached hydrogens (primary N) is 1. The topological polar surface area (TPSA) is 144 Å². The third-order valence-electron chi connectivity index (χ3n) is 4.10. The first-order valence-electron chi connectivity index (χ1n) is 9.12. The van der Waals surface area contributed by atoms with Gasteiger partial charge < -0.3 is 26.5 Å². The summed E-state index contributed by atoms with van der Waals surface area (Å²) in [6.45, 7) is 0. The predicted octanol–water partition coefficient (Wildman–Crippen LogP) is 3.89. The van der Waals surface area contributed by atoms with Crippen LogP contribution in [0.5, 0.6) is 11.6 Å². The number of ether oxygens (including phenoxy) is 1. The van der Waals surface area contributed by atoms with Gasteiger partial charge in [0.15, 0.2) is 11.6 Å². The van der Waals surface area contributed by atoms with E-state index in [0.29, 0.717) is 0 Å². The zero-order valence-corrected chi connectivity index (χ0v) is 17.9. The zero-order chi connectivity index (χ0) is 25.0. The van der Waals surface area contributed by atoms with Crippen LogP contribution in [0.2, 0.25) is 5.02 Å². The SMILES string of the molecule is Cn1cc(N/C(=C(\C=N)C(=O)Nc2ccc(Oc3ncnc(N)c3Cl)c(F)c2)C(F)(F)F)cn1. The molecule has 0 saturated heterocycles. The van der Waals surface area contributed by atoms with Crippen LogP contribution in [0.15, 0.2) is 48.2 Å². The molecule has 0 atom stereocenters. The second-order valence-electron chi connectivity index (χ2n) is 6.54. The maximum atomic E-state index is 14.5. The van der Waals surface area contributed by atoms with Crippen LogP contribution in [-0.4, -0.2) is 38.0 Å². The number of halogens is 5. The first-order chi connectivity index (χ1) is 16.0. The fourth-order valence-corrected chi connectivity index (χ4v) is 2.71. The highest BCUT2D eigenvalue weighted by atomic mass is 35.5. The Hall–Kier alpha value is -4.20. The van der Waals surface area contributed by atoms with E-state index in [-0.39, 0.29) is 40.1 Å². The predicted molar refractivity (Wildman–Crippen MR) is 115 cm³/mol. The number of hydrogen-bond donors (Lipinski definition) is 4. The van der Waals surface area contributed by atoms with Crippen LogP contribution in [0.25, 0.3) is 0 Å². The van der Waals surface area contributed by atoms with Crippen LogP contribution in [0.3, 0.4) is 0 Å². The molecule has 0 saturated carbocycles. The number of amides is 1. The van der Waals surface area contributed by atoms with Crippen molar-refractivity contribution in [1.29, 1.82) is 5.41 Å². The molecule has 178 valence electrons. The summed E-state index contributed by atoms with van der Waals surface area (Å²) in [4.78, 5) is 19.9. The van der Waals surface area contributed by atoms with Gasteiger partial charge in [0, 0.05) is 31.2 Å². The van der Waals surface area contributed by atoms with E-state index >= 15 is 0 Å². The number of benzene rings is 1. The molecule has 0 radical (unpaired) electrons. The van der Waals surface area contributed by atoms with E-state index in [4.69, 9.17) is 27.5 Å². The summed E-state index contributed by atoms with van der Waals surface area (Å²) in [5.74, 6) is -2.97. The molecule has 1 aromatic carbocycles. The molecule has 3 aromatic rings. The van der Waals surface area contributed by atoms with Gasteiger partial charge in [-0.25, -0.2) is 9.37 Å². The maximum Gasteiger partial charge on any atom is 0.432 e. The van der Waals surface area contributed by atoms with Gasteiger partial charge in [-0.15, -0.1) is 0 Å². The lowest BCUT2D eigenvalue weighted by atomic mass is 10.1. The number of alkyl halides is 3. The van der Waals surface area contributed by atoms with Crippen molar-refractivity contribution in [3.05, 3.63) is 59.0 Å². The van der Waals surface area contributed by atoms with Gasteiger partial charge in [0.1, 0.15) is 22.9 Å². The number of carbonyl (C=O) groups excluding carboxylic acids is 1. The Bertz CT molecular complexity index is 1280. The number of nitrogen functional groups attached to an aromatic ring is 1. The number of aromatic nitrogens is 4. The van der Waals surface area contributed by atoms with E-state index in [1.54, 1.807) is 0 Å². The average molecular weight is 499 g/mol. The summed E-state index contributed by atoms with van der Waals surface area (Å²) < 4.78 is 61.8. The van der Waals surface area contributed by atoms with Crippen LogP contribution in [-0.2, 0) is 11.8 Å². The van der Waals surface area contributed by atoms with Gasteiger partial charge >= 0.3 is 6.18 Å². The van der Waals surface area contributed by atoms with Gasteiger partial charge in [-0.2, -0.15) is 23.3 Å². The molecule has 0 aliphatic heterocycles. The summed E-state index contributed by atoms with van der Waals surface area (Å²) in [7, 11) is 1.49. The lowest BCUT2D eigenvalue weighted by Gasteiger charge is -2.16. The summed E-state index contributed by atoms with van der Waals surface area (Å²) in [6.07, 6.45) is -1.38. The molecule has 3 rings (SSSR count). The highest BCUT2D eigenvalue weighted by Crippen LogP contribution is 2.33. The highest BCUT2D eigenvalue weighted by Gasteiger charge is 2.38. The first kappa shape index (κ1) is 24.4. The normalized spacial score (nSPS) is 12.1. The van der Waals surface area contributed by atoms with E-state index in [9.17, 15) is 22.4 Å². The summed E-state index contributed by atoms with van der Waals surface area (Å²) in [5.41, 5.74) is 2.72. The number of nitrogens with zero attached hydrogens (tertiary/aromatic N) is 4. The molecule has 0 aliphatic carbocycles. The molecule has 0 bridgehead atoms. The smallest absolute Gasteiger partial charge is 0.432 e. The van der Waals surface area contributed by atoms with Crippen molar-refractivity contribution < 1.29 is 27.1 Å². The van der Waals surface area contributed by atoms with Gasteiger partial charge in [-0.05, 0) is 12.1 Å². The third-order valence-corrected chi connectivity index (χ3v) is 4.45. The van der Waals surface area contributed by atoms with Crippen molar-refractivity contribution in [1.82, 2.24) is 19.7 Å². The van der Waals surface area contributed by atoms with Crippen molar-refractivity contribution in [2.75, 3.05) is 16.4 Å². The summed E-state index contributed by atoms with van der Waals surface area (Å²) >= 11 is 5.89. The van der Waals surface area contributed by atoms with E-state index in [0.717, 1.165) is 30.7 Å². The minimum absolute atomic E-state index is 0.0569. The largest absolute Gasteiger partial charge is 0.434 e. The number of anilines is 3. The van der Waals surface area contributed by atoms with Gasteiger partial charge in [-0.1, -0.05) is 11.6 Å². The number of nitrogens with one attached hydrogen (secondary N) is 3. The molecular weight excluding hydrogens is 484 g/mol. The van der Waals surface area contributed by atoms with Crippen LogP contribution < -0.4 is 21.1 Å². The fourth-order valence-electron chi connectivity index (χ4n) is 2.57. The average Bonchev–Trinajstić information content (AvgIpc) is 3.17. The second-order valence-corrected chi connectivity index (χ2v) is 6.92. The van der Waals surface area contributed by atoms with E-state index < -0.39 is 29.2 Å². The van der Waals surface area contributed by atoms with Crippen molar-refractivity contribution in [3.8, 4) is 11.6 Å². The Morgan fingerprint density at radius 1 is 1.26 bits per heavy atom. The Morgan fingerprint density at radius 3 is 2.59 bits per heavy atom. The number of aryl methyl sites for hydroxylation is 1. The molecular formula is C19H15ClF4N8O2. The molecule has 1 amide bonds. The Morgan fingerprint density at radius 2 is 2.00 bits per heavy atom. The Labute approximate surface area is 193 Å². The fraction of sp³-hybridized carbons (Fsp3) is 0.105. The molecule has 0 unspecified atom stereocenters. The molecule has 10 nitrogen and oxygen atoms in total. The summed E-state index contributed by atoms with van der Waals surface area (Å²) in [5, 5.41) is 15.1. The Balaban J connectivity index is 1.85. The molecule has 0 aliphatic rings. The monoisotopic (exact) mass is 498 g/mol. The van der Waals surface area contributed by atoms with Crippen molar-refractivity contribution in [3.63, 3.8) is 0 Å². The standard InChI is InChI=1S/C19H15ClF4N8O2/c1-32-7-10(6-29-32)30-15(19(22,23)24)11(5-25)17(33)31-9-2-3-13(12(21)4-9)34-18-14(20)16(26)27-8-28-18/h2-8,25,30H,1H3,(H,31,33)(H2,26,27,28)/b15-11+,25-5?. The zero-order valence-electron chi connectivity index (χ0n) is 17.1. The van der Waals surface area contributed by atoms with Gasteiger partial charge in [0.2, 0.25) is 5.88 Å². The van der Waals surface area contributed by atoms with Crippen molar-refractivity contribution in [2.24, 2.45) is 7.05 Å². The second kappa shape index (κ2) is 9.74. The quantitative estimate of drug-likeness (QED) is 0.220. The molecule has 5 N–H and O–H groups in total. The number of rotatable bonds is 7. The maximum absolute atomic E-state index is 14.5. The van der Waals surface area contributed by atoms with Gasteiger partial charge in [0.05, 0.1) is 17.5 Å². The van der Waals surface area contributed by atoms with Crippen molar-refractivity contribution >= 4 is 40.9 Å².